The SMILES string of the molecule is COc1ccc(NC(C)=O)cc1NC(=O)CN1CC(=O)Oc2ccc(Cl)cc21. The number of fused-ring (bicyclic) bond motifs is 1. The van der Waals surface area contributed by atoms with Crippen LogP contribution in [0.15, 0.2) is 36.4 Å². The first-order valence-corrected chi connectivity index (χ1v) is 8.74. The van der Waals surface area contributed by atoms with Crippen molar-refractivity contribution < 1.29 is 23.9 Å². The zero-order chi connectivity index (χ0) is 20.3. The molecule has 0 aliphatic carbocycles. The molecule has 0 fully saturated rings. The van der Waals surface area contributed by atoms with Crippen molar-refractivity contribution >= 4 is 46.4 Å². The maximum Gasteiger partial charge on any atom is 0.331 e. The van der Waals surface area contributed by atoms with Crippen LogP contribution in [0, 0.1) is 0 Å². The summed E-state index contributed by atoms with van der Waals surface area (Å²) in [6.45, 7) is 1.21. The number of ether oxygens (including phenoxy) is 2. The topological polar surface area (TPSA) is 97.0 Å². The summed E-state index contributed by atoms with van der Waals surface area (Å²) in [6.07, 6.45) is 0. The lowest BCUT2D eigenvalue weighted by Gasteiger charge is -2.29. The fourth-order valence-corrected chi connectivity index (χ4v) is 2.98. The molecule has 2 aromatic carbocycles. The van der Waals surface area contributed by atoms with E-state index < -0.39 is 5.97 Å². The van der Waals surface area contributed by atoms with Crippen LogP contribution in [0.4, 0.5) is 17.1 Å². The summed E-state index contributed by atoms with van der Waals surface area (Å²) in [6, 6.07) is 9.71. The number of hydrogen-bond donors (Lipinski definition) is 2. The van der Waals surface area contributed by atoms with E-state index in [4.69, 9.17) is 21.1 Å². The monoisotopic (exact) mass is 403 g/mol. The molecular weight excluding hydrogens is 386 g/mol. The van der Waals surface area contributed by atoms with Crippen LogP contribution in [0.5, 0.6) is 11.5 Å². The predicted octanol–water partition coefficient (Wildman–Crippen LogP) is 2.67. The van der Waals surface area contributed by atoms with Crippen molar-refractivity contribution in [2.75, 3.05) is 35.7 Å². The highest BCUT2D eigenvalue weighted by Crippen LogP contribution is 2.34. The Morgan fingerprint density at radius 1 is 1.21 bits per heavy atom. The number of rotatable bonds is 5. The maximum absolute atomic E-state index is 12.6. The van der Waals surface area contributed by atoms with Gasteiger partial charge in [0.25, 0.3) is 0 Å². The van der Waals surface area contributed by atoms with Gasteiger partial charge < -0.3 is 25.0 Å². The van der Waals surface area contributed by atoms with Gasteiger partial charge in [-0.1, -0.05) is 11.6 Å². The number of methoxy groups -OCH3 is 1. The summed E-state index contributed by atoms with van der Waals surface area (Å²) in [4.78, 5) is 37.2. The minimum Gasteiger partial charge on any atom is -0.495 e. The summed E-state index contributed by atoms with van der Waals surface area (Å²) in [5.41, 5.74) is 1.47. The highest BCUT2D eigenvalue weighted by atomic mass is 35.5. The fraction of sp³-hybridized carbons (Fsp3) is 0.211. The van der Waals surface area contributed by atoms with Gasteiger partial charge in [-0.3, -0.25) is 9.59 Å². The number of benzene rings is 2. The van der Waals surface area contributed by atoms with Gasteiger partial charge in [0.2, 0.25) is 11.8 Å². The predicted molar refractivity (Wildman–Crippen MR) is 105 cm³/mol. The van der Waals surface area contributed by atoms with Crippen molar-refractivity contribution in [3.8, 4) is 11.5 Å². The van der Waals surface area contributed by atoms with Crippen LogP contribution in [0.25, 0.3) is 0 Å². The van der Waals surface area contributed by atoms with E-state index in [1.165, 1.54) is 14.0 Å². The third-order valence-electron chi connectivity index (χ3n) is 3.93. The number of esters is 1. The Morgan fingerprint density at radius 3 is 2.71 bits per heavy atom. The molecule has 0 unspecified atom stereocenters. The first-order chi connectivity index (χ1) is 13.4. The summed E-state index contributed by atoms with van der Waals surface area (Å²) in [5, 5.41) is 5.85. The van der Waals surface area contributed by atoms with Gasteiger partial charge in [-0.05, 0) is 36.4 Å². The van der Waals surface area contributed by atoms with Crippen LogP contribution in [0.1, 0.15) is 6.92 Å². The highest BCUT2D eigenvalue weighted by molar-refractivity contribution is 6.31. The molecule has 1 heterocycles. The van der Waals surface area contributed by atoms with Gasteiger partial charge in [-0.2, -0.15) is 0 Å². The van der Waals surface area contributed by atoms with Gasteiger partial charge in [0.15, 0.2) is 5.75 Å². The Morgan fingerprint density at radius 2 is 2.00 bits per heavy atom. The van der Waals surface area contributed by atoms with E-state index >= 15 is 0 Å². The molecule has 0 aromatic heterocycles. The van der Waals surface area contributed by atoms with Crippen LogP contribution in [0.2, 0.25) is 5.02 Å². The normalized spacial score (nSPS) is 12.7. The van der Waals surface area contributed by atoms with E-state index in [0.717, 1.165) is 0 Å². The first-order valence-electron chi connectivity index (χ1n) is 8.36. The number of amides is 2. The molecule has 146 valence electrons. The number of hydrogen-bond acceptors (Lipinski definition) is 6. The number of halogens is 1. The van der Waals surface area contributed by atoms with Crippen molar-refractivity contribution in [1.29, 1.82) is 0 Å². The molecule has 0 saturated carbocycles. The standard InChI is InChI=1S/C19H18ClN3O5/c1-11(24)21-13-4-6-16(27-2)14(8-13)22-18(25)9-23-10-19(26)28-17-5-3-12(20)7-15(17)23/h3-8H,9-10H2,1-2H3,(H,21,24)(H,22,25). The Balaban J connectivity index is 1.78. The van der Waals surface area contributed by atoms with Crippen LogP contribution in [-0.4, -0.2) is 38.0 Å². The lowest BCUT2D eigenvalue weighted by molar-refractivity contribution is -0.133. The highest BCUT2D eigenvalue weighted by Gasteiger charge is 2.26. The van der Waals surface area contributed by atoms with E-state index in [9.17, 15) is 14.4 Å². The molecule has 0 spiro atoms. The second-order valence-corrected chi connectivity index (χ2v) is 6.52. The van der Waals surface area contributed by atoms with Crippen molar-refractivity contribution in [2.24, 2.45) is 0 Å². The molecule has 8 nitrogen and oxygen atoms in total. The minimum atomic E-state index is -0.465. The fourth-order valence-electron chi connectivity index (χ4n) is 2.81. The number of anilines is 3. The molecule has 2 amide bonds. The van der Waals surface area contributed by atoms with E-state index in [1.807, 2.05) is 0 Å². The van der Waals surface area contributed by atoms with Crippen LogP contribution in [-0.2, 0) is 14.4 Å². The number of carbonyl (C=O) groups excluding carboxylic acids is 3. The van der Waals surface area contributed by atoms with Crippen LogP contribution in [0.3, 0.4) is 0 Å². The first kappa shape index (κ1) is 19.5. The lowest BCUT2D eigenvalue weighted by atomic mass is 10.2. The van der Waals surface area contributed by atoms with Gasteiger partial charge in [0, 0.05) is 17.6 Å². The summed E-state index contributed by atoms with van der Waals surface area (Å²) < 4.78 is 10.4. The zero-order valence-electron chi connectivity index (χ0n) is 15.2. The van der Waals surface area contributed by atoms with E-state index in [-0.39, 0.29) is 24.9 Å². The Kier molecular flexibility index (Phi) is 5.70. The molecule has 0 saturated heterocycles. The molecule has 1 aliphatic rings. The number of nitrogens with zero attached hydrogens (tertiary/aromatic N) is 1. The third kappa shape index (κ3) is 4.52. The van der Waals surface area contributed by atoms with Gasteiger partial charge in [-0.15, -0.1) is 0 Å². The van der Waals surface area contributed by atoms with Gasteiger partial charge in [-0.25, -0.2) is 4.79 Å². The maximum atomic E-state index is 12.6. The second-order valence-electron chi connectivity index (χ2n) is 6.09. The Labute approximate surface area is 166 Å². The molecule has 9 heteroatoms. The summed E-state index contributed by atoms with van der Waals surface area (Å²) in [7, 11) is 1.47. The average molecular weight is 404 g/mol. The molecule has 1 aliphatic heterocycles. The van der Waals surface area contributed by atoms with Crippen molar-refractivity contribution in [1.82, 2.24) is 0 Å². The number of carbonyl (C=O) groups is 3. The van der Waals surface area contributed by atoms with Crippen molar-refractivity contribution in [2.45, 2.75) is 6.92 Å². The average Bonchev–Trinajstić information content (AvgIpc) is 2.62. The third-order valence-corrected chi connectivity index (χ3v) is 4.17. The Bertz CT molecular complexity index is 947. The summed E-state index contributed by atoms with van der Waals surface area (Å²) in [5.74, 6) is -0.294. The zero-order valence-corrected chi connectivity index (χ0v) is 16.0. The molecule has 2 N–H and O–H groups in total. The van der Waals surface area contributed by atoms with Gasteiger partial charge in [0.05, 0.1) is 25.0 Å². The molecule has 0 atom stereocenters. The van der Waals surface area contributed by atoms with Crippen molar-refractivity contribution in [3.05, 3.63) is 41.4 Å². The number of nitrogens with one attached hydrogen (secondary N) is 2. The van der Waals surface area contributed by atoms with Crippen LogP contribution < -0.4 is 25.0 Å². The largest absolute Gasteiger partial charge is 0.495 e. The quantitative estimate of drug-likeness (QED) is 0.588. The molecule has 3 rings (SSSR count). The van der Waals surface area contributed by atoms with E-state index in [0.29, 0.717) is 33.6 Å². The molecule has 28 heavy (non-hydrogen) atoms. The molecular formula is C19H18ClN3O5. The molecule has 2 aromatic rings. The van der Waals surface area contributed by atoms with Gasteiger partial charge >= 0.3 is 5.97 Å². The smallest absolute Gasteiger partial charge is 0.331 e. The van der Waals surface area contributed by atoms with E-state index in [1.54, 1.807) is 41.3 Å². The second kappa shape index (κ2) is 8.18. The van der Waals surface area contributed by atoms with Crippen molar-refractivity contribution in [3.63, 3.8) is 0 Å². The van der Waals surface area contributed by atoms with E-state index in [2.05, 4.69) is 10.6 Å². The Hall–Kier alpha value is -3.26. The summed E-state index contributed by atoms with van der Waals surface area (Å²) >= 11 is 6.02. The van der Waals surface area contributed by atoms with Gasteiger partial charge in [0.1, 0.15) is 12.3 Å². The minimum absolute atomic E-state index is 0.0795. The molecule has 0 bridgehead atoms. The molecule has 0 radical (unpaired) electrons. The van der Waals surface area contributed by atoms with Crippen LogP contribution >= 0.6 is 11.6 Å². The lowest BCUT2D eigenvalue weighted by Crippen LogP contribution is -2.41.